The van der Waals surface area contributed by atoms with Crippen LogP contribution >= 0.6 is 0 Å². The first-order valence-corrected chi connectivity index (χ1v) is 13.9. The zero-order valence-electron chi connectivity index (χ0n) is 22.0. The van der Waals surface area contributed by atoms with Crippen LogP contribution in [0.5, 0.6) is 0 Å². The molecule has 0 aromatic heterocycles. The van der Waals surface area contributed by atoms with Crippen LogP contribution in [0, 0.1) is 56.7 Å². The van der Waals surface area contributed by atoms with E-state index in [1.165, 1.54) is 44.9 Å². The molecule has 5 rings (SSSR count). The van der Waals surface area contributed by atoms with E-state index in [-0.39, 0.29) is 27.8 Å². The predicted molar refractivity (Wildman–Crippen MR) is 132 cm³/mol. The molecule has 0 aliphatic heterocycles. The Morgan fingerprint density at radius 1 is 0.844 bits per heavy atom. The summed E-state index contributed by atoms with van der Waals surface area (Å²) in [6.45, 7) is 17.8. The number of hydrogen-bond acceptors (Lipinski definition) is 2. The summed E-state index contributed by atoms with van der Waals surface area (Å²) in [6, 6.07) is 0. The number of aliphatic hydroxyl groups excluding tert-OH is 2. The summed E-state index contributed by atoms with van der Waals surface area (Å²) in [7, 11) is 0. The van der Waals surface area contributed by atoms with Gasteiger partial charge in [0, 0.05) is 12.0 Å². The highest BCUT2D eigenvalue weighted by Crippen LogP contribution is 2.74. The molecule has 4 saturated carbocycles. The fourth-order valence-corrected chi connectivity index (χ4v) is 11.4. The smallest absolute Gasteiger partial charge is 0.0594 e. The van der Waals surface area contributed by atoms with E-state index in [4.69, 9.17) is 0 Å². The first kappa shape index (κ1) is 23.4. The van der Waals surface area contributed by atoms with Crippen LogP contribution in [0.4, 0.5) is 0 Å². The monoisotopic (exact) mass is 442 g/mol. The van der Waals surface area contributed by atoms with E-state index in [9.17, 15) is 10.2 Å². The summed E-state index contributed by atoms with van der Waals surface area (Å²) in [5.74, 6) is 3.39. The Labute approximate surface area is 197 Å². The minimum absolute atomic E-state index is 0.0232. The van der Waals surface area contributed by atoms with Crippen LogP contribution in [-0.4, -0.2) is 22.9 Å². The van der Waals surface area contributed by atoms with Crippen LogP contribution < -0.4 is 0 Å². The van der Waals surface area contributed by atoms with E-state index in [1.807, 2.05) is 0 Å². The average molecular weight is 443 g/mol. The van der Waals surface area contributed by atoms with Gasteiger partial charge in [-0.3, -0.25) is 0 Å². The highest BCUT2D eigenvalue weighted by molar-refractivity contribution is 5.35. The average Bonchev–Trinajstić information content (AvgIpc) is 2.73. The molecule has 10 atom stereocenters. The third kappa shape index (κ3) is 2.72. The molecule has 2 heteroatoms. The predicted octanol–water partition coefficient (Wildman–Crippen LogP) is 7.00. The molecule has 0 radical (unpaired) electrons. The zero-order valence-corrected chi connectivity index (χ0v) is 22.0. The van der Waals surface area contributed by atoms with Crippen molar-refractivity contribution in [3.63, 3.8) is 0 Å². The molecular formula is C30H50O2. The minimum atomic E-state index is -0.151. The van der Waals surface area contributed by atoms with Gasteiger partial charge in [-0.15, -0.1) is 0 Å². The zero-order chi connectivity index (χ0) is 23.3. The van der Waals surface area contributed by atoms with Crippen LogP contribution in [0.15, 0.2) is 11.6 Å². The molecule has 0 amide bonds. The Bertz CT molecular complexity index is 799. The lowest BCUT2D eigenvalue weighted by molar-refractivity contribution is -0.188. The van der Waals surface area contributed by atoms with Gasteiger partial charge in [-0.1, -0.05) is 60.1 Å². The standard InChI is InChI=1S/C30H50O2/c1-19-8-16-30(18-31)17-11-23-28(6)13-9-21-26(3,4)24(32)12-15-27(21,5)22(28)10-14-29(23,7)25(30)20(19)2/h11,19-22,24-25,31-32H,8-10,12-18H2,1-7H3/t19?,20?,21?,22?,24-,25?,27?,28?,29?,30?/m1/s1. The number of rotatable bonds is 1. The molecule has 0 bridgehead atoms. The van der Waals surface area contributed by atoms with E-state index in [0.717, 1.165) is 24.7 Å². The van der Waals surface area contributed by atoms with Gasteiger partial charge in [-0.2, -0.15) is 0 Å². The number of hydrogen-bond donors (Lipinski definition) is 2. The van der Waals surface area contributed by atoms with Crippen molar-refractivity contribution in [3.8, 4) is 0 Å². The minimum Gasteiger partial charge on any atom is -0.396 e. The van der Waals surface area contributed by atoms with Crippen LogP contribution in [0.3, 0.4) is 0 Å². The van der Waals surface area contributed by atoms with Gasteiger partial charge in [0.25, 0.3) is 0 Å². The van der Waals surface area contributed by atoms with Gasteiger partial charge < -0.3 is 10.2 Å². The van der Waals surface area contributed by atoms with Crippen molar-refractivity contribution in [2.75, 3.05) is 6.61 Å². The van der Waals surface area contributed by atoms with Crippen LogP contribution in [0.1, 0.15) is 106 Å². The summed E-state index contributed by atoms with van der Waals surface area (Å²) in [6.07, 6.45) is 13.4. The second-order valence-corrected chi connectivity index (χ2v) is 14.6. The molecule has 0 heterocycles. The number of allylic oxidation sites excluding steroid dienone is 2. The first-order chi connectivity index (χ1) is 14.9. The Morgan fingerprint density at radius 3 is 2.19 bits per heavy atom. The van der Waals surface area contributed by atoms with E-state index in [1.54, 1.807) is 5.57 Å². The summed E-state index contributed by atoms with van der Waals surface area (Å²) in [5, 5.41) is 21.6. The molecule has 2 nitrogen and oxygen atoms in total. The van der Waals surface area contributed by atoms with Gasteiger partial charge in [0.2, 0.25) is 0 Å². The first-order valence-electron chi connectivity index (χ1n) is 13.9. The Balaban J connectivity index is 1.58. The highest BCUT2D eigenvalue weighted by Gasteiger charge is 2.67. The lowest BCUT2D eigenvalue weighted by Crippen LogP contribution is -2.64. The van der Waals surface area contributed by atoms with Crippen LogP contribution in [0.2, 0.25) is 0 Å². The van der Waals surface area contributed by atoms with Gasteiger partial charge >= 0.3 is 0 Å². The molecule has 0 spiro atoms. The van der Waals surface area contributed by atoms with Crippen molar-refractivity contribution >= 4 is 0 Å². The van der Waals surface area contributed by atoms with Gasteiger partial charge in [-0.05, 0) is 109 Å². The molecule has 32 heavy (non-hydrogen) atoms. The molecule has 5 aliphatic rings. The number of aliphatic hydroxyl groups is 2. The van der Waals surface area contributed by atoms with E-state index < -0.39 is 0 Å². The van der Waals surface area contributed by atoms with E-state index >= 15 is 0 Å². The molecule has 2 N–H and O–H groups in total. The summed E-state index contributed by atoms with van der Waals surface area (Å²) in [4.78, 5) is 0. The lowest BCUT2D eigenvalue weighted by Gasteiger charge is -2.70. The topological polar surface area (TPSA) is 40.5 Å². The van der Waals surface area contributed by atoms with Crippen molar-refractivity contribution in [2.24, 2.45) is 56.7 Å². The lowest BCUT2D eigenvalue weighted by atomic mass is 9.34. The van der Waals surface area contributed by atoms with E-state index in [2.05, 4.69) is 54.5 Å². The molecule has 4 fully saturated rings. The van der Waals surface area contributed by atoms with E-state index in [0.29, 0.717) is 29.8 Å². The molecule has 0 saturated heterocycles. The SMILES string of the molecule is CC1CCC2(CO)CC=C3C(C)(CCC4C3(C)CCC3C4(C)CC[C@@H](O)C3(C)C)C2C1C. The van der Waals surface area contributed by atoms with Crippen LogP contribution in [0.25, 0.3) is 0 Å². The quantitative estimate of drug-likeness (QED) is 0.429. The van der Waals surface area contributed by atoms with Crippen molar-refractivity contribution < 1.29 is 10.2 Å². The Morgan fingerprint density at radius 2 is 1.50 bits per heavy atom. The maximum absolute atomic E-state index is 10.9. The maximum atomic E-state index is 10.9. The fourth-order valence-electron chi connectivity index (χ4n) is 11.4. The molecular weight excluding hydrogens is 392 g/mol. The van der Waals surface area contributed by atoms with Crippen LogP contribution in [-0.2, 0) is 0 Å². The molecule has 0 aromatic carbocycles. The highest BCUT2D eigenvalue weighted by atomic mass is 16.3. The molecule has 0 aromatic rings. The number of fused-ring (bicyclic) bond motifs is 7. The summed E-state index contributed by atoms with van der Waals surface area (Å²) < 4.78 is 0. The van der Waals surface area contributed by atoms with Gasteiger partial charge in [0.15, 0.2) is 0 Å². The third-order valence-electron chi connectivity index (χ3n) is 13.1. The third-order valence-corrected chi connectivity index (χ3v) is 13.1. The molecule has 182 valence electrons. The second kappa shape index (κ2) is 7.09. The Hall–Kier alpha value is -0.340. The summed E-state index contributed by atoms with van der Waals surface area (Å²) >= 11 is 0. The Kier molecular flexibility index (Phi) is 5.19. The van der Waals surface area contributed by atoms with Crippen molar-refractivity contribution in [1.29, 1.82) is 0 Å². The molecule has 5 aliphatic carbocycles. The van der Waals surface area contributed by atoms with Crippen molar-refractivity contribution in [1.82, 2.24) is 0 Å². The second-order valence-electron chi connectivity index (χ2n) is 14.6. The fraction of sp³-hybridized carbons (Fsp3) is 0.933. The normalized spacial score (nSPS) is 56.8. The van der Waals surface area contributed by atoms with Gasteiger partial charge in [0.1, 0.15) is 0 Å². The largest absolute Gasteiger partial charge is 0.396 e. The van der Waals surface area contributed by atoms with Gasteiger partial charge in [-0.25, -0.2) is 0 Å². The van der Waals surface area contributed by atoms with Crippen molar-refractivity contribution in [3.05, 3.63) is 11.6 Å². The summed E-state index contributed by atoms with van der Waals surface area (Å²) in [5.41, 5.74) is 2.74. The van der Waals surface area contributed by atoms with Gasteiger partial charge in [0.05, 0.1) is 6.10 Å². The molecule has 9 unspecified atom stereocenters. The van der Waals surface area contributed by atoms with Crippen molar-refractivity contribution in [2.45, 2.75) is 112 Å². The maximum Gasteiger partial charge on any atom is 0.0594 e.